The normalized spacial score (nSPS) is 36.6. The third kappa shape index (κ3) is 3.34. The first kappa shape index (κ1) is 18.4. The van der Waals surface area contributed by atoms with Gasteiger partial charge in [0.1, 0.15) is 13.0 Å². The van der Waals surface area contributed by atoms with Crippen molar-refractivity contribution in [1.82, 2.24) is 4.90 Å². The summed E-state index contributed by atoms with van der Waals surface area (Å²) in [7, 11) is 1.63. The zero-order chi connectivity index (χ0) is 18.1. The molecule has 0 spiro atoms. The number of carbonyl (C=O) groups excluding carboxylic acids is 2. The number of nitrogens with zero attached hydrogens (tertiary/aromatic N) is 2. The largest absolute Gasteiger partial charge is 0.463 e. The van der Waals surface area contributed by atoms with Crippen LogP contribution in [0, 0.1) is 23.7 Å². The van der Waals surface area contributed by atoms with Gasteiger partial charge in [-0.05, 0) is 50.9 Å². The van der Waals surface area contributed by atoms with Gasteiger partial charge >= 0.3 is 11.8 Å². The lowest BCUT2D eigenvalue weighted by Crippen LogP contribution is -2.40. The van der Waals surface area contributed by atoms with Crippen molar-refractivity contribution < 1.29 is 19.3 Å². The van der Waals surface area contributed by atoms with Crippen LogP contribution in [0.5, 0.6) is 0 Å². The van der Waals surface area contributed by atoms with Crippen LogP contribution < -0.4 is 0 Å². The summed E-state index contributed by atoms with van der Waals surface area (Å²) in [6.45, 7) is 5.09. The summed E-state index contributed by atoms with van der Waals surface area (Å²) < 4.78 is 1.38. The molecule has 1 saturated carbocycles. The van der Waals surface area contributed by atoms with Crippen molar-refractivity contribution in [3.63, 3.8) is 0 Å². The number of aliphatic hydroxyl groups excluding tert-OH is 1. The fourth-order valence-electron chi connectivity index (χ4n) is 5.21. The second-order valence-corrected chi connectivity index (χ2v) is 8.21. The summed E-state index contributed by atoms with van der Waals surface area (Å²) in [6, 6.07) is 0.410. The maximum Gasteiger partial charge on any atom is 0.393 e. The molecule has 1 N–H and O–H groups in total. The Labute approximate surface area is 151 Å². The fourth-order valence-corrected chi connectivity index (χ4v) is 5.21. The molecule has 2 aliphatic heterocycles. The second-order valence-electron chi connectivity index (χ2n) is 8.21. The van der Waals surface area contributed by atoms with Crippen LogP contribution in [0.3, 0.4) is 0 Å². The van der Waals surface area contributed by atoms with Crippen molar-refractivity contribution >= 4 is 17.7 Å². The molecule has 5 heteroatoms. The van der Waals surface area contributed by atoms with Gasteiger partial charge in [-0.1, -0.05) is 20.3 Å². The smallest absolute Gasteiger partial charge is 0.393 e. The topological polar surface area (TPSA) is 60.6 Å². The number of rotatable bonds is 5. The zero-order valence-electron chi connectivity index (χ0n) is 15.9. The Morgan fingerprint density at radius 2 is 1.72 bits per heavy atom. The van der Waals surface area contributed by atoms with E-state index in [2.05, 4.69) is 11.8 Å². The number of hydrogen-bond donors (Lipinski definition) is 1. The lowest BCUT2D eigenvalue weighted by Gasteiger charge is -2.34. The van der Waals surface area contributed by atoms with Crippen LogP contribution >= 0.6 is 0 Å². The van der Waals surface area contributed by atoms with Gasteiger partial charge in [-0.15, -0.1) is 4.58 Å². The Balaban J connectivity index is 1.62. The average molecular weight is 349 g/mol. The van der Waals surface area contributed by atoms with Gasteiger partial charge in [-0.3, -0.25) is 4.79 Å². The Morgan fingerprint density at radius 1 is 1.04 bits per heavy atom. The Morgan fingerprint density at radius 3 is 2.32 bits per heavy atom. The number of carbonyl (C=O) groups is 2. The highest BCUT2D eigenvalue weighted by atomic mass is 16.3. The molecule has 5 nitrogen and oxygen atoms in total. The van der Waals surface area contributed by atoms with E-state index >= 15 is 0 Å². The molecule has 1 aliphatic carbocycles. The Hall–Kier alpha value is -1.39. The second kappa shape index (κ2) is 7.46. The van der Waals surface area contributed by atoms with Gasteiger partial charge in [-0.2, -0.15) is 0 Å². The molecule has 3 unspecified atom stereocenters. The standard InChI is InChI=1S/C20H32N2O3/c1-4-13-6-8-15(9-7-13)22-11-10-14(18(22)23)12-17-16(5-2)19(24)21(3)20(17)25/h13-17H,4-12H2,1-3H3/p+1. The van der Waals surface area contributed by atoms with Gasteiger partial charge < -0.3 is 10.0 Å². The molecule has 2 fully saturated rings. The molecule has 0 aromatic heterocycles. The minimum Gasteiger partial charge on any atom is -0.463 e. The first-order valence-electron chi connectivity index (χ1n) is 10.1. The third-order valence-electron chi connectivity index (χ3n) is 6.97. The van der Waals surface area contributed by atoms with E-state index in [1.807, 2.05) is 6.92 Å². The van der Waals surface area contributed by atoms with E-state index in [0.29, 0.717) is 18.9 Å². The highest BCUT2D eigenvalue weighted by Gasteiger charge is 2.50. The Bertz CT molecular complexity index is 563. The van der Waals surface area contributed by atoms with E-state index in [0.717, 1.165) is 31.7 Å². The minimum atomic E-state index is -0.188. The highest BCUT2D eigenvalue weighted by Crippen LogP contribution is 2.37. The van der Waals surface area contributed by atoms with Crippen LogP contribution in [0.25, 0.3) is 0 Å². The molecule has 140 valence electrons. The molecule has 0 radical (unpaired) electrons. The number of amides is 2. The fraction of sp³-hybridized carbons (Fsp3) is 0.850. The summed E-state index contributed by atoms with van der Waals surface area (Å²) in [5, 5.41) is 10.3. The van der Waals surface area contributed by atoms with Crippen molar-refractivity contribution in [3.8, 4) is 0 Å². The van der Waals surface area contributed by atoms with Gasteiger partial charge in [0.15, 0.2) is 0 Å². The van der Waals surface area contributed by atoms with Crippen molar-refractivity contribution in [1.29, 1.82) is 0 Å². The first-order chi connectivity index (χ1) is 12.0. The number of likely N-dealkylation sites (tertiary alicyclic amines) is 1. The predicted molar refractivity (Wildman–Crippen MR) is 96.6 cm³/mol. The molecule has 25 heavy (non-hydrogen) atoms. The summed E-state index contributed by atoms with van der Waals surface area (Å²) in [4.78, 5) is 27.3. The maximum absolute atomic E-state index is 12.9. The van der Waals surface area contributed by atoms with E-state index in [-0.39, 0.29) is 35.5 Å². The molecule has 2 heterocycles. The molecule has 3 atom stereocenters. The summed E-state index contributed by atoms with van der Waals surface area (Å²) in [5.41, 5.74) is 0. The molecule has 0 aromatic carbocycles. The molecule has 3 aliphatic rings. The summed E-state index contributed by atoms with van der Waals surface area (Å²) in [6.07, 6.45) is 8.19. The first-order valence-corrected chi connectivity index (χ1v) is 10.1. The van der Waals surface area contributed by atoms with Crippen LogP contribution in [0.2, 0.25) is 0 Å². The highest BCUT2D eigenvalue weighted by molar-refractivity contribution is 5.91. The quantitative estimate of drug-likeness (QED) is 0.776. The van der Waals surface area contributed by atoms with Gasteiger partial charge in [0, 0.05) is 18.5 Å². The molecule has 2 amide bonds. The zero-order valence-corrected chi connectivity index (χ0v) is 15.9. The molecule has 1 saturated heterocycles. The van der Waals surface area contributed by atoms with Crippen LogP contribution in [0.15, 0.2) is 0 Å². The maximum atomic E-state index is 12.9. The summed E-state index contributed by atoms with van der Waals surface area (Å²) >= 11 is 0. The van der Waals surface area contributed by atoms with Crippen molar-refractivity contribution in [2.24, 2.45) is 23.7 Å². The molecular formula is C20H33N2O3+. The van der Waals surface area contributed by atoms with Crippen LogP contribution in [-0.4, -0.2) is 51.9 Å². The molecule has 0 bridgehead atoms. The van der Waals surface area contributed by atoms with Crippen molar-refractivity contribution in [3.05, 3.63) is 0 Å². The number of hydrogen-bond acceptors (Lipinski definition) is 2. The molecule has 3 rings (SSSR count). The lowest BCUT2D eigenvalue weighted by molar-refractivity contribution is -0.423. The third-order valence-corrected chi connectivity index (χ3v) is 6.97. The SMILES string of the molecule is CCC1CCC(N2CCC(CC3C(O)=[N+](C)C(=O)C3CC)C2=O)CC1. The van der Waals surface area contributed by atoms with Crippen LogP contribution in [0.4, 0.5) is 0 Å². The number of aliphatic hydroxyl groups is 1. The van der Waals surface area contributed by atoms with Crippen molar-refractivity contribution in [2.45, 2.75) is 71.3 Å². The van der Waals surface area contributed by atoms with Crippen LogP contribution in [0.1, 0.15) is 65.2 Å². The van der Waals surface area contributed by atoms with E-state index < -0.39 is 0 Å². The Kier molecular flexibility index (Phi) is 5.49. The van der Waals surface area contributed by atoms with E-state index in [9.17, 15) is 14.7 Å². The van der Waals surface area contributed by atoms with Gasteiger partial charge in [0.2, 0.25) is 5.91 Å². The lowest BCUT2D eigenvalue weighted by atomic mass is 9.83. The van der Waals surface area contributed by atoms with E-state index in [1.54, 1.807) is 7.05 Å². The monoisotopic (exact) mass is 349 g/mol. The predicted octanol–water partition coefficient (Wildman–Crippen LogP) is 2.98. The van der Waals surface area contributed by atoms with Crippen LogP contribution in [-0.2, 0) is 9.59 Å². The molecular weight excluding hydrogens is 316 g/mol. The van der Waals surface area contributed by atoms with Crippen molar-refractivity contribution in [2.75, 3.05) is 13.6 Å². The van der Waals surface area contributed by atoms with E-state index in [4.69, 9.17) is 0 Å². The van der Waals surface area contributed by atoms with Gasteiger partial charge in [-0.25, -0.2) is 4.79 Å². The summed E-state index contributed by atoms with van der Waals surface area (Å²) in [5.74, 6) is 0.839. The van der Waals surface area contributed by atoms with E-state index in [1.165, 1.54) is 23.8 Å². The van der Waals surface area contributed by atoms with Gasteiger partial charge in [0.25, 0.3) is 0 Å². The minimum absolute atomic E-state index is 0.00908. The van der Waals surface area contributed by atoms with Gasteiger partial charge in [0.05, 0.1) is 5.92 Å². The molecule has 0 aromatic rings. The average Bonchev–Trinajstić information content (AvgIpc) is 3.09.